The summed E-state index contributed by atoms with van der Waals surface area (Å²) in [5.41, 5.74) is 0.568. The predicted molar refractivity (Wildman–Crippen MR) is 100 cm³/mol. The SMILES string of the molecule is Cc1ccc(C(=N)/C(=C\O)C(=O)N2CCC(O)(c3ccc(F)cc3)C2)cc1. The number of nitrogens with zero attached hydrogens (tertiary/aromatic N) is 1. The highest BCUT2D eigenvalue weighted by atomic mass is 19.1. The molecule has 5 nitrogen and oxygen atoms in total. The molecule has 3 N–H and O–H groups in total. The van der Waals surface area contributed by atoms with E-state index in [9.17, 15) is 19.4 Å². The second-order valence-corrected chi connectivity index (χ2v) is 6.80. The fourth-order valence-corrected chi connectivity index (χ4v) is 3.24. The van der Waals surface area contributed by atoms with E-state index < -0.39 is 17.3 Å². The van der Waals surface area contributed by atoms with Crippen LogP contribution in [-0.2, 0) is 10.4 Å². The van der Waals surface area contributed by atoms with Gasteiger partial charge in [0, 0.05) is 12.1 Å². The van der Waals surface area contributed by atoms with Crippen LogP contribution in [0.25, 0.3) is 0 Å². The molecule has 0 aromatic heterocycles. The molecule has 0 bridgehead atoms. The molecule has 6 heteroatoms. The smallest absolute Gasteiger partial charge is 0.259 e. The van der Waals surface area contributed by atoms with Crippen molar-refractivity contribution in [2.24, 2.45) is 0 Å². The molecule has 0 spiro atoms. The summed E-state index contributed by atoms with van der Waals surface area (Å²) in [5, 5.41) is 28.7. The molecule has 3 rings (SSSR count). The Kier molecular flexibility index (Phi) is 5.10. The van der Waals surface area contributed by atoms with Gasteiger partial charge in [-0.05, 0) is 31.0 Å². The Labute approximate surface area is 156 Å². The van der Waals surface area contributed by atoms with Gasteiger partial charge in [-0.2, -0.15) is 0 Å². The second-order valence-electron chi connectivity index (χ2n) is 6.80. The van der Waals surface area contributed by atoms with E-state index in [1.165, 1.54) is 29.2 Å². The van der Waals surface area contributed by atoms with Crippen LogP contribution in [0.5, 0.6) is 0 Å². The van der Waals surface area contributed by atoms with Gasteiger partial charge in [-0.1, -0.05) is 42.0 Å². The molecule has 0 aliphatic carbocycles. The van der Waals surface area contributed by atoms with Crippen molar-refractivity contribution in [3.8, 4) is 0 Å². The third-order valence-electron chi connectivity index (χ3n) is 4.89. The number of aliphatic hydroxyl groups is 2. The summed E-state index contributed by atoms with van der Waals surface area (Å²) in [6.45, 7) is 2.20. The van der Waals surface area contributed by atoms with Gasteiger partial charge >= 0.3 is 0 Å². The number of halogens is 1. The summed E-state index contributed by atoms with van der Waals surface area (Å²) >= 11 is 0. The number of likely N-dealkylation sites (tertiary alicyclic amines) is 1. The Morgan fingerprint density at radius 2 is 1.81 bits per heavy atom. The molecular weight excluding hydrogens is 347 g/mol. The van der Waals surface area contributed by atoms with Crippen molar-refractivity contribution in [2.45, 2.75) is 18.9 Å². The standard InChI is InChI=1S/C21H21FN2O3/c1-14-2-4-15(5-3-14)19(23)18(12-25)20(26)24-11-10-21(27,13-24)16-6-8-17(22)9-7-16/h2-9,12,23,25,27H,10-11,13H2,1H3/b18-12+,23-19?. The summed E-state index contributed by atoms with van der Waals surface area (Å²) in [5.74, 6) is -0.925. The third-order valence-corrected chi connectivity index (χ3v) is 4.89. The minimum absolute atomic E-state index is 0.00990. The summed E-state index contributed by atoms with van der Waals surface area (Å²) in [6, 6.07) is 12.6. The van der Waals surface area contributed by atoms with E-state index in [4.69, 9.17) is 5.41 Å². The molecule has 1 heterocycles. The van der Waals surface area contributed by atoms with Crippen molar-refractivity contribution < 1.29 is 19.4 Å². The molecule has 1 fully saturated rings. The number of carbonyl (C=O) groups excluding carboxylic acids is 1. The van der Waals surface area contributed by atoms with Gasteiger partial charge in [0.05, 0.1) is 24.1 Å². The average molecular weight is 368 g/mol. The number of aliphatic hydroxyl groups excluding tert-OH is 1. The predicted octanol–water partition coefficient (Wildman–Crippen LogP) is 3.06. The van der Waals surface area contributed by atoms with Crippen LogP contribution in [-0.4, -0.2) is 39.8 Å². The van der Waals surface area contributed by atoms with Gasteiger partial charge in [-0.15, -0.1) is 0 Å². The molecule has 0 radical (unpaired) electrons. The largest absolute Gasteiger partial charge is 0.515 e. The Balaban J connectivity index is 1.78. The third kappa shape index (κ3) is 3.75. The first kappa shape index (κ1) is 18.8. The van der Waals surface area contributed by atoms with Crippen molar-refractivity contribution in [1.82, 2.24) is 4.90 Å². The van der Waals surface area contributed by atoms with E-state index in [0.717, 1.165) is 5.56 Å². The Morgan fingerprint density at radius 1 is 1.19 bits per heavy atom. The molecule has 2 aromatic rings. The molecule has 1 atom stereocenters. The number of nitrogens with one attached hydrogen (secondary N) is 1. The lowest BCUT2D eigenvalue weighted by molar-refractivity contribution is -0.126. The summed E-state index contributed by atoms with van der Waals surface area (Å²) < 4.78 is 13.1. The van der Waals surface area contributed by atoms with E-state index in [1.54, 1.807) is 12.1 Å². The maximum Gasteiger partial charge on any atom is 0.259 e. The van der Waals surface area contributed by atoms with Crippen LogP contribution in [0, 0.1) is 18.2 Å². The Bertz CT molecular complexity index is 891. The lowest BCUT2D eigenvalue weighted by atomic mass is 9.93. The molecule has 1 aliphatic rings. The van der Waals surface area contributed by atoms with Crippen LogP contribution in [0.4, 0.5) is 4.39 Å². The zero-order valence-electron chi connectivity index (χ0n) is 14.9. The van der Waals surface area contributed by atoms with Crippen LogP contribution in [0.1, 0.15) is 23.1 Å². The molecule has 27 heavy (non-hydrogen) atoms. The van der Waals surface area contributed by atoms with Crippen LogP contribution in [0.3, 0.4) is 0 Å². The molecule has 140 valence electrons. The number of hydrogen-bond donors (Lipinski definition) is 3. The van der Waals surface area contributed by atoms with Gasteiger partial charge in [0.2, 0.25) is 0 Å². The van der Waals surface area contributed by atoms with Gasteiger partial charge in [-0.3, -0.25) is 10.2 Å². The number of hydrogen-bond acceptors (Lipinski definition) is 4. The molecule has 2 aromatic carbocycles. The number of benzene rings is 2. The summed E-state index contributed by atoms with van der Waals surface area (Å²) in [7, 11) is 0. The zero-order chi connectivity index (χ0) is 19.6. The molecule has 1 aliphatic heterocycles. The van der Waals surface area contributed by atoms with Gasteiger partial charge in [0.1, 0.15) is 11.4 Å². The van der Waals surface area contributed by atoms with E-state index in [0.29, 0.717) is 23.8 Å². The van der Waals surface area contributed by atoms with Crippen molar-refractivity contribution in [3.63, 3.8) is 0 Å². The Hall–Kier alpha value is -2.99. The lowest BCUT2D eigenvalue weighted by Crippen LogP contribution is -2.36. The van der Waals surface area contributed by atoms with Gasteiger partial charge in [-0.25, -0.2) is 4.39 Å². The van der Waals surface area contributed by atoms with Gasteiger partial charge in [0.15, 0.2) is 0 Å². The lowest BCUT2D eigenvalue weighted by Gasteiger charge is -2.24. The van der Waals surface area contributed by atoms with Crippen molar-refractivity contribution in [1.29, 1.82) is 5.41 Å². The molecule has 0 saturated carbocycles. The molecule has 1 saturated heterocycles. The highest BCUT2D eigenvalue weighted by Gasteiger charge is 2.40. The number of β-amino-alcohol motifs (C(OH)–C–C–N with tert-alkyl or cyclic N) is 1. The Morgan fingerprint density at radius 3 is 2.41 bits per heavy atom. The quantitative estimate of drug-likeness (QED) is 0.440. The zero-order valence-corrected chi connectivity index (χ0v) is 14.9. The number of carbonyl (C=O) groups is 1. The highest BCUT2D eigenvalue weighted by molar-refractivity contribution is 6.26. The number of rotatable bonds is 4. The van der Waals surface area contributed by atoms with E-state index in [-0.39, 0.29) is 24.4 Å². The topological polar surface area (TPSA) is 84.6 Å². The van der Waals surface area contributed by atoms with Crippen LogP contribution in [0.2, 0.25) is 0 Å². The van der Waals surface area contributed by atoms with Crippen LogP contribution >= 0.6 is 0 Å². The molecule has 1 unspecified atom stereocenters. The number of aryl methyl sites for hydroxylation is 1. The molecule has 1 amide bonds. The van der Waals surface area contributed by atoms with E-state index in [2.05, 4.69) is 0 Å². The second kappa shape index (κ2) is 7.32. The number of amides is 1. The van der Waals surface area contributed by atoms with Crippen molar-refractivity contribution in [2.75, 3.05) is 13.1 Å². The fourth-order valence-electron chi connectivity index (χ4n) is 3.24. The van der Waals surface area contributed by atoms with E-state index >= 15 is 0 Å². The first-order chi connectivity index (χ1) is 12.8. The fraction of sp³-hybridized carbons (Fsp3) is 0.238. The van der Waals surface area contributed by atoms with E-state index in [1.807, 2.05) is 19.1 Å². The minimum Gasteiger partial charge on any atom is -0.515 e. The monoisotopic (exact) mass is 368 g/mol. The highest BCUT2D eigenvalue weighted by Crippen LogP contribution is 2.33. The average Bonchev–Trinajstić information content (AvgIpc) is 3.06. The van der Waals surface area contributed by atoms with Crippen molar-refractivity contribution in [3.05, 3.63) is 82.9 Å². The normalized spacial score (nSPS) is 20.0. The van der Waals surface area contributed by atoms with Crippen LogP contribution in [0.15, 0.2) is 60.4 Å². The first-order valence-electron chi connectivity index (χ1n) is 8.62. The maximum atomic E-state index is 13.1. The summed E-state index contributed by atoms with van der Waals surface area (Å²) in [6.07, 6.45) is 0.931. The first-order valence-corrected chi connectivity index (χ1v) is 8.62. The summed E-state index contributed by atoms with van der Waals surface area (Å²) in [4.78, 5) is 14.2. The molecular formula is C21H21FN2O3. The van der Waals surface area contributed by atoms with Gasteiger partial charge in [0.25, 0.3) is 5.91 Å². The van der Waals surface area contributed by atoms with Crippen LogP contribution < -0.4 is 0 Å². The minimum atomic E-state index is -1.28. The maximum absolute atomic E-state index is 13.1. The van der Waals surface area contributed by atoms with Gasteiger partial charge < -0.3 is 15.1 Å². The van der Waals surface area contributed by atoms with Crippen molar-refractivity contribution >= 4 is 11.6 Å².